The first kappa shape index (κ1) is 14.4. The van der Waals surface area contributed by atoms with Gasteiger partial charge in [0.1, 0.15) is 5.75 Å². The van der Waals surface area contributed by atoms with E-state index in [2.05, 4.69) is 51.2 Å². The van der Waals surface area contributed by atoms with Gasteiger partial charge in [0.15, 0.2) is 0 Å². The van der Waals surface area contributed by atoms with Crippen LogP contribution in [0.4, 0.5) is 0 Å². The zero-order chi connectivity index (χ0) is 14.0. The Kier molecular flexibility index (Phi) is 4.19. The van der Waals surface area contributed by atoms with Gasteiger partial charge in [-0.15, -0.1) is 0 Å². The number of benzene rings is 1. The Morgan fingerprint density at radius 3 is 2.68 bits per heavy atom. The zero-order valence-corrected chi connectivity index (χ0v) is 12.9. The highest BCUT2D eigenvalue weighted by atomic mass is 16.5. The van der Waals surface area contributed by atoms with E-state index in [0.29, 0.717) is 11.5 Å². The van der Waals surface area contributed by atoms with Crippen LogP contribution in [0.2, 0.25) is 0 Å². The van der Waals surface area contributed by atoms with E-state index in [-0.39, 0.29) is 0 Å². The van der Waals surface area contributed by atoms with Crippen LogP contribution in [-0.2, 0) is 5.41 Å². The third-order valence-corrected chi connectivity index (χ3v) is 4.53. The van der Waals surface area contributed by atoms with E-state index in [4.69, 9.17) is 4.74 Å². The molecule has 2 nitrogen and oxygen atoms in total. The summed E-state index contributed by atoms with van der Waals surface area (Å²) in [7, 11) is 1.76. The van der Waals surface area contributed by atoms with Crippen LogP contribution in [-0.4, -0.2) is 19.7 Å². The number of aryl methyl sites for hydroxylation is 1. The summed E-state index contributed by atoms with van der Waals surface area (Å²) in [6.07, 6.45) is 2.56. The van der Waals surface area contributed by atoms with Crippen LogP contribution in [0.3, 0.4) is 0 Å². The summed E-state index contributed by atoms with van der Waals surface area (Å²) in [6.45, 7) is 9.91. The Morgan fingerprint density at radius 1 is 1.42 bits per heavy atom. The quantitative estimate of drug-likeness (QED) is 0.843. The van der Waals surface area contributed by atoms with Gasteiger partial charge in [0.05, 0.1) is 7.11 Å². The number of ether oxygens (including phenoxy) is 1. The van der Waals surface area contributed by atoms with Crippen molar-refractivity contribution in [3.63, 3.8) is 0 Å². The molecule has 2 heteroatoms. The average Bonchev–Trinajstić information content (AvgIpc) is 3.12. The van der Waals surface area contributed by atoms with Crippen LogP contribution in [0, 0.1) is 12.8 Å². The first-order valence-electron chi connectivity index (χ1n) is 7.42. The van der Waals surface area contributed by atoms with E-state index in [0.717, 1.165) is 18.2 Å². The number of hydrogen-bond donors (Lipinski definition) is 1. The second-order valence-electron chi connectivity index (χ2n) is 6.19. The van der Waals surface area contributed by atoms with Gasteiger partial charge in [-0.2, -0.15) is 0 Å². The molecule has 19 heavy (non-hydrogen) atoms. The Morgan fingerprint density at radius 2 is 2.16 bits per heavy atom. The molecule has 1 fully saturated rings. The summed E-state index contributed by atoms with van der Waals surface area (Å²) < 4.78 is 5.48. The highest BCUT2D eigenvalue weighted by Crippen LogP contribution is 2.56. The second-order valence-corrected chi connectivity index (χ2v) is 6.19. The fraction of sp³-hybridized carbons (Fsp3) is 0.647. The molecule has 1 aliphatic rings. The molecule has 2 unspecified atom stereocenters. The smallest absolute Gasteiger partial charge is 0.122 e. The summed E-state index contributed by atoms with van der Waals surface area (Å²) in [4.78, 5) is 0. The number of methoxy groups -OCH3 is 1. The molecule has 0 radical (unpaired) electrons. The first-order valence-corrected chi connectivity index (χ1v) is 7.42. The van der Waals surface area contributed by atoms with Crippen LogP contribution >= 0.6 is 0 Å². The minimum absolute atomic E-state index is 0.333. The van der Waals surface area contributed by atoms with Crippen molar-refractivity contribution in [3.8, 4) is 5.75 Å². The van der Waals surface area contributed by atoms with Gasteiger partial charge in [0.2, 0.25) is 0 Å². The van der Waals surface area contributed by atoms with Gasteiger partial charge >= 0.3 is 0 Å². The average molecular weight is 261 g/mol. The van der Waals surface area contributed by atoms with Crippen molar-refractivity contribution in [2.75, 3.05) is 13.7 Å². The van der Waals surface area contributed by atoms with Gasteiger partial charge in [-0.05, 0) is 36.5 Å². The molecule has 1 aromatic carbocycles. The van der Waals surface area contributed by atoms with Crippen molar-refractivity contribution in [1.29, 1.82) is 0 Å². The lowest BCUT2D eigenvalue weighted by atomic mass is 9.91. The van der Waals surface area contributed by atoms with Crippen molar-refractivity contribution in [1.82, 2.24) is 5.32 Å². The van der Waals surface area contributed by atoms with Gasteiger partial charge in [0, 0.05) is 18.0 Å². The van der Waals surface area contributed by atoms with Crippen LogP contribution in [0.5, 0.6) is 5.75 Å². The highest BCUT2D eigenvalue weighted by Gasteiger charge is 2.53. The van der Waals surface area contributed by atoms with Gasteiger partial charge in [0.25, 0.3) is 0 Å². The lowest BCUT2D eigenvalue weighted by Crippen LogP contribution is -2.33. The van der Waals surface area contributed by atoms with E-state index >= 15 is 0 Å². The molecule has 2 atom stereocenters. The molecule has 0 aromatic heterocycles. The van der Waals surface area contributed by atoms with Gasteiger partial charge in [-0.25, -0.2) is 0 Å². The summed E-state index contributed by atoms with van der Waals surface area (Å²) in [5.41, 5.74) is 2.99. The molecule has 0 heterocycles. The summed E-state index contributed by atoms with van der Waals surface area (Å²) in [5, 5.41) is 3.62. The molecule has 1 aliphatic carbocycles. The van der Waals surface area contributed by atoms with E-state index in [1.165, 1.54) is 24.0 Å². The van der Waals surface area contributed by atoms with Crippen LogP contribution in [0.1, 0.15) is 44.7 Å². The molecule has 0 spiro atoms. The fourth-order valence-electron chi connectivity index (χ4n) is 3.10. The second kappa shape index (κ2) is 5.54. The Bertz CT molecular complexity index is 441. The Balaban J connectivity index is 2.25. The van der Waals surface area contributed by atoms with Crippen LogP contribution < -0.4 is 10.1 Å². The lowest BCUT2D eigenvalue weighted by molar-refractivity contribution is 0.409. The molecule has 1 aromatic rings. The Hall–Kier alpha value is -1.02. The van der Waals surface area contributed by atoms with Crippen LogP contribution in [0.25, 0.3) is 0 Å². The van der Waals surface area contributed by atoms with Gasteiger partial charge in [-0.1, -0.05) is 39.3 Å². The molecule has 0 bridgehead atoms. The lowest BCUT2D eigenvalue weighted by Gasteiger charge is -2.21. The van der Waals surface area contributed by atoms with Crippen molar-refractivity contribution < 1.29 is 4.74 Å². The topological polar surface area (TPSA) is 21.3 Å². The van der Waals surface area contributed by atoms with E-state index in [9.17, 15) is 0 Å². The SMILES string of the molecule is CCC1CC1(CNC(C)C)c1ccc(C)c(OC)c1. The molecule has 1 saturated carbocycles. The predicted molar refractivity (Wildman–Crippen MR) is 80.9 cm³/mol. The maximum atomic E-state index is 5.48. The predicted octanol–water partition coefficient (Wildman–Crippen LogP) is 3.67. The molecule has 2 rings (SSSR count). The fourth-order valence-corrected chi connectivity index (χ4v) is 3.10. The highest BCUT2D eigenvalue weighted by molar-refractivity contribution is 5.43. The van der Waals surface area contributed by atoms with Crippen molar-refractivity contribution in [2.24, 2.45) is 5.92 Å². The van der Waals surface area contributed by atoms with Crippen LogP contribution in [0.15, 0.2) is 18.2 Å². The van der Waals surface area contributed by atoms with Crippen molar-refractivity contribution in [3.05, 3.63) is 29.3 Å². The molecular weight excluding hydrogens is 234 g/mol. The summed E-state index contributed by atoms with van der Waals surface area (Å²) in [5.74, 6) is 1.83. The minimum Gasteiger partial charge on any atom is -0.496 e. The largest absolute Gasteiger partial charge is 0.496 e. The monoisotopic (exact) mass is 261 g/mol. The molecule has 0 amide bonds. The van der Waals surface area contributed by atoms with E-state index in [1.54, 1.807) is 7.11 Å². The summed E-state index contributed by atoms with van der Waals surface area (Å²) >= 11 is 0. The third-order valence-electron chi connectivity index (χ3n) is 4.53. The van der Waals surface area contributed by atoms with Crippen molar-refractivity contribution >= 4 is 0 Å². The number of nitrogens with one attached hydrogen (secondary N) is 1. The first-order chi connectivity index (χ1) is 9.03. The van der Waals surface area contributed by atoms with E-state index in [1.807, 2.05) is 0 Å². The molecule has 106 valence electrons. The third kappa shape index (κ3) is 2.79. The maximum absolute atomic E-state index is 5.48. The molecule has 0 aliphatic heterocycles. The standard InChI is InChI=1S/C17H27NO/c1-6-14-10-17(14,11-18-12(2)3)15-8-7-13(4)16(9-15)19-5/h7-9,12,14,18H,6,10-11H2,1-5H3. The van der Waals surface area contributed by atoms with Crippen molar-refractivity contribution in [2.45, 2.75) is 52.0 Å². The minimum atomic E-state index is 0.333. The number of rotatable bonds is 6. The normalized spacial score (nSPS) is 25.7. The molecule has 0 saturated heterocycles. The zero-order valence-electron chi connectivity index (χ0n) is 12.9. The summed E-state index contributed by atoms with van der Waals surface area (Å²) in [6, 6.07) is 7.26. The van der Waals surface area contributed by atoms with E-state index < -0.39 is 0 Å². The Labute approximate surface area is 117 Å². The molecule has 1 N–H and O–H groups in total. The maximum Gasteiger partial charge on any atom is 0.122 e. The van der Waals surface area contributed by atoms with Gasteiger partial charge in [-0.3, -0.25) is 0 Å². The molecular formula is C17H27NO. The van der Waals surface area contributed by atoms with Gasteiger partial charge < -0.3 is 10.1 Å². The number of hydrogen-bond acceptors (Lipinski definition) is 2.